The molecule has 1 nitrogen and oxygen atoms in total. The first-order valence-electron chi connectivity index (χ1n) is 4.98. The Kier molecular flexibility index (Phi) is 6.31. The van der Waals surface area contributed by atoms with E-state index < -0.39 is 0 Å². The van der Waals surface area contributed by atoms with Crippen LogP contribution in [0.4, 0.5) is 5.69 Å². The Balaban J connectivity index is 2.71. The summed E-state index contributed by atoms with van der Waals surface area (Å²) in [6, 6.07) is 8.61. The topological polar surface area (TPSA) is 3.24 Å². The molecule has 0 atom stereocenters. The van der Waals surface area contributed by atoms with E-state index in [1.54, 1.807) is 0 Å². The van der Waals surface area contributed by atoms with Crippen LogP contribution in [0.5, 0.6) is 0 Å². The molecule has 0 spiro atoms. The van der Waals surface area contributed by atoms with Crippen LogP contribution in [-0.2, 0) is 31.0 Å². The van der Waals surface area contributed by atoms with Gasteiger partial charge in [-0.25, -0.2) is 0 Å². The Morgan fingerprint density at radius 1 is 1.21 bits per heavy atom. The first-order chi connectivity index (χ1) is 6.77. The molecule has 0 aliphatic rings. The van der Waals surface area contributed by atoms with Gasteiger partial charge in [0.2, 0.25) is 0 Å². The monoisotopic (exact) mass is 329 g/mol. The molecule has 0 saturated heterocycles. The van der Waals surface area contributed by atoms with Crippen LogP contribution < -0.4 is 4.90 Å². The SMILES string of the molecule is CCCN(C[CH2][Y])c1ccc(Br)cc1. The molecular formula is C11H15BrNY. The van der Waals surface area contributed by atoms with Crippen LogP contribution in [0.3, 0.4) is 0 Å². The molecule has 1 rings (SSSR count). The number of anilines is 1. The third-order valence-electron chi connectivity index (χ3n) is 2.08. The van der Waals surface area contributed by atoms with Gasteiger partial charge in [-0.2, -0.15) is 0 Å². The van der Waals surface area contributed by atoms with Gasteiger partial charge in [-0.1, -0.05) is 0 Å². The first-order valence-corrected chi connectivity index (χ1v) is 7.78. The molecule has 0 aromatic heterocycles. The van der Waals surface area contributed by atoms with Gasteiger partial charge in [-0.3, -0.25) is 0 Å². The summed E-state index contributed by atoms with van der Waals surface area (Å²) in [4.78, 5) is 2.47. The molecule has 0 aliphatic carbocycles. The van der Waals surface area contributed by atoms with Gasteiger partial charge >= 0.3 is 116 Å². The zero-order valence-corrected chi connectivity index (χ0v) is 13.0. The van der Waals surface area contributed by atoms with Crippen molar-refractivity contribution in [3.05, 3.63) is 28.7 Å². The minimum atomic E-state index is 1.16. The predicted octanol–water partition coefficient (Wildman–Crippen LogP) is 3.63. The van der Waals surface area contributed by atoms with E-state index in [9.17, 15) is 0 Å². The summed E-state index contributed by atoms with van der Waals surface area (Å²) in [5, 5.41) is 0. The van der Waals surface area contributed by atoms with Crippen LogP contribution in [0.15, 0.2) is 28.7 Å². The van der Waals surface area contributed by atoms with Crippen LogP contribution in [0.1, 0.15) is 13.3 Å². The van der Waals surface area contributed by atoms with Crippen LogP contribution in [0.2, 0.25) is 3.23 Å². The van der Waals surface area contributed by atoms with Gasteiger partial charge < -0.3 is 0 Å². The van der Waals surface area contributed by atoms with Gasteiger partial charge in [0, 0.05) is 0 Å². The van der Waals surface area contributed by atoms with Crippen molar-refractivity contribution in [3.63, 3.8) is 0 Å². The normalized spacial score (nSPS) is 10.1. The van der Waals surface area contributed by atoms with Crippen LogP contribution >= 0.6 is 15.9 Å². The summed E-state index contributed by atoms with van der Waals surface area (Å²) in [6.45, 7) is 4.61. The fourth-order valence-electron chi connectivity index (χ4n) is 1.45. The van der Waals surface area contributed by atoms with Gasteiger partial charge in [-0.15, -0.1) is 0 Å². The Morgan fingerprint density at radius 3 is 2.36 bits per heavy atom. The predicted molar refractivity (Wildman–Crippen MR) is 61.5 cm³/mol. The maximum absolute atomic E-state index is 3.46. The molecule has 0 bridgehead atoms. The molecule has 0 heterocycles. The Bertz CT molecular complexity index is 254. The van der Waals surface area contributed by atoms with E-state index in [4.69, 9.17) is 0 Å². The summed E-state index contributed by atoms with van der Waals surface area (Å²) < 4.78 is 2.49. The van der Waals surface area contributed by atoms with Crippen molar-refractivity contribution in [2.75, 3.05) is 18.0 Å². The van der Waals surface area contributed by atoms with Crippen molar-refractivity contribution in [1.82, 2.24) is 0 Å². The molecule has 0 amide bonds. The Morgan fingerprint density at radius 2 is 1.86 bits per heavy atom. The van der Waals surface area contributed by atoms with Crippen LogP contribution in [0, 0.1) is 0 Å². The average Bonchev–Trinajstić information content (AvgIpc) is 2.19. The number of halogens is 1. The van der Waals surface area contributed by atoms with E-state index in [-0.39, 0.29) is 0 Å². The molecule has 0 N–H and O–H groups in total. The van der Waals surface area contributed by atoms with E-state index in [1.807, 2.05) is 0 Å². The number of benzene rings is 1. The molecule has 0 saturated carbocycles. The van der Waals surface area contributed by atoms with Crippen molar-refractivity contribution in [1.29, 1.82) is 0 Å². The van der Waals surface area contributed by atoms with Crippen molar-refractivity contribution < 1.29 is 31.0 Å². The average molecular weight is 330 g/mol. The van der Waals surface area contributed by atoms with Crippen LogP contribution in [-0.4, -0.2) is 13.1 Å². The third kappa shape index (κ3) is 4.00. The molecular weight excluding hydrogens is 315 g/mol. The molecule has 0 fully saturated rings. The van der Waals surface area contributed by atoms with Gasteiger partial charge in [0.25, 0.3) is 0 Å². The van der Waals surface area contributed by atoms with Gasteiger partial charge in [0.15, 0.2) is 0 Å². The van der Waals surface area contributed by atoms with Crippen molar-refractivity contribution >= 4 is 21.6 Å². The molecule has 1 aromatic rings. The summed E-state index contributed by atoms with van der Waals surface area (Å²) in [5.41, 5.74) is 1.35. The summed E-state index contributed by atoms with van der Waals surface area (Å²) in [7, 11) is 0. The molecule has 0 unspecified atom stereocenters. The van der Waals surface area contributed by atoms with E-state index in [0.29, 0.717) is 0 Å². The van der Waals surface area contributed by atoms with E-state index >= 15 is 0 Å². The molecule has 0 radical (unpaired) electrons. The van der Waals surface area contributed by atoms with Crippen molar-refractivity contribution in [2.24, 2.45) is 0 Å². The van der Waals surface area contributed by atoms with Crippen molar-refractivity contribution in [3.8, 4) is 0 Å². The zero-order chi connectivity index (χ0) is 10.4. The number of nitrogens with zero attached hydrogens (tertiary/aromatic N) is 1. The van der Waals surface area contributed by atoms with E-state index in [1.165, 1.54) is 59.4 Å². The fraction of sp³-hybridized carbons (Fsp3) is 0.455. The fourth-order valence-corrected chi connectivity index (χ4v) is 2.48. The quantitative estimate of drug-likeness (QED) is 0.797. The van der Waals surface area contributed by atoms with E-state index in [0.717, 1.165) is 4.47 Å². The number of hydrogen-bond acceptors (Lipinski definition) is 1. The third-order valence-corrected chi connectivity index (χ3v) is 3.25. The molecule has 0 aliphatic heterocycles. The summed E-state index contributed by atoms with van der Waals surface area (Å²) in [6.07, 6.45) is 1.22. The summed E-state index contributed by atoms with van der Waals surface area (Å²) in [5.74, 6) is 0. The Hall–Kier alpha value is 0.604. The molecule has 1 aromatic carbocycles. The standard InChI is InChI=1S/C11H15BrN.Y/c1-3-9-13(4-2)11-7-5-10(12)6-8-11;/h5-8H,2-4,9H2,1H3;. The summed E-state index contributed by atoms with van der Waals surface area (Å²) >= 11 is 4.81. The van der Waals surface area contributed by atoms with Gasteiger partial charge in [0.1, 0.15) is 0 Å². The number of hydrogen-bond donors (Lipinski definition) is 0. The van der Waals surface area contributed by atoms with Crippen molar-refractivity contribution in [2.45, 2.75) is 16.6 Å². The second kappa shape index (κ2) is 6.97. The number of rotatable bonds is 5. The zero-order valence-electron chi connectivity index (χ0n) is 8.54. The minimum absolute atomic E-state index is 1.16. The van der Waals surface area contributed by atoms with E-state index in [2.05, 4.69) is 52.0 Å². The second-order valence-electron chi connectivity index (χ2n) is 3.25. The van der Waals surface area contributed by atoms with Gasteiger partial charge in [-0.05, 0) is 0 Å². The van der Waals surface area contributed by atoms with Crippen LogP contribution in [0.25, 0.3) is 0 Å². The molecule has 14 heavy (non-hydrogen) atoms. The second-order valence-corrected chi connectivity index (χ2v) is 5.59. The van der Waals surface area contributed by atoms with Gasteiger partial charge in [0.05, 0.1) is 0 Å². The first kappa shape index (κ1) is 12.7. The Labute approximate surface area is 115 Å². The molecule has 3 heteroatoms. The molecule has 74 valence electrons. The maximum atomic E-state index is 3.46.